The van der Waals surface area contributed by atoms with Crippen LogP contribution in [-0.4, -0.2) is 16.1 Å². The third-order valence-corrected chi connectivity index (χ3v) is 5.47. The molecule has 2 aromatic heterocycles. The molecule has 4 aromatic rings. The van der Waals surface area contributed by atoms with E-state index in [1.165, 1.54) is 33.6 Å². The Labute approximate surface area is 156 Å². The molecule has 0 bridgehead atoms. The number of non-ortho nitro benzene ring substituents is 1. The van der Waals surface area contributed by atoms with Crippen LogP contribution in [0.4, 0.5) is 10.8 Å². The molecule has 0 aliphatic heterocycles. The van der Waals surface area contributed by atoms with Gasteiger partial charge in [0.25, 0.3) is 5.69 Å². The van der Waals surface area contributed by atoms with E-state index >= 15 is 0 Å². The van der Waals surface area contributed by atoms with Gasteiger partial charge in [-0.1, -0.05) is 18.2 Å². The van der Waals surface area contributed by atoms with Crippen LogP contribution in [0.2, 0.25) is 0 Å². The molecule has 0 spiro atoms. The molecule has 0 unspecified atom stereocenters. The fourth-order valence-corrected chi connectivity index (χ4v) is 4.03. The van der Waals surface area contributed by atoms with Gasteiger partial charge in [-0.15, -0.1) is 22.7 Å². The van der Waals surface area contributed by atoms with E-state index in [9.17, 15) is 10.1 Å². The molecule has 4 rings (SSSR count). The fraction of sp³-hybridized carbons (Fsp3) is 0. The number of thiazole rings is 1. The highest BCUT2D eigenvalue weighted by Gasteiger charge is 2.08. The van der Waals surface area contributed by atoms with E-state index in [1.54, 1.807) is 29.7 Å². The predicted octanol–water partition coefficient (Wildman–Crippen LogP) is 5.38. The standard InChI is InChI=1S/C18H12N4O2S2/c23-22(24)14-7-5-12(6-8-14)16-11-25-18(20-16)21-19-10-15-9-13-3-1-2-4-17(13)26-15/h1-11H,(H,20,21)/b19-10+. The topological polar surface area (TPSA) is 80.4 Å². The van der Waals surface area contributed by atoms with Crippen molar-refractivity contribution in [2.75, 3.05) is 5.43 Å². The number of hydrazone groups is 1. The molecule has 0 atom stereocenters. The molecule has 0 saturated heterocycles. The molecule has 6 nitrogen and oxygen atoms in total. The number of thiophene rings is 1. The molecule has 0 amide bonds. The molecular formula is C18H12N4O2S2. The number of hydrogen-bond donors (Lipinski definition) is 1. The van der Waals surface area contributed by atoms with Gasteiger partial charge < -0.3 is 0 Å². The molecule has 0 saturated carbocycles. The van der Waals surface area contributed by atoms with Crippen molar-refractivity contribution < 1.29 is 4.92 Å². The summed E-state index contributed by atoms with van der Waals surface area (Å²) in [5, 5.41) is 18.7. The van der Waals surface area contributed by atoms with Crippen LogP contribution in [0.3, 0.4) is 0 Å². The summed E-state index contributed by atoms with van der Waals surface area (Å²) >= 11 is 3.11. The molecule has 0 fully saturated rings. The Bertz CT molecular complexity index is 1070. The molecule has 128 valence electrons. The smallest absolute Gasteiger partial charge is 0.258 e. The number of anilines is 1. The molecule has 0 radical (unpaired) electrons. The first kappa shape index (κ1) is 16.4. The molecule has 1 N–H and O–H groups in total. The van der Waals surface area contributed by atoms with E-state index in [4.69, 9.17) is 0 Å². The average Bonchev–Trinajstić information content (AvgIpc) is 3.28. The van der Waals surface area contributed by atoms with E-state index in [0.29, 0.717) is 5.13 Å². The summed E-state index contributed by atoms with van der Waals surface area (Å²) in [6, 6.07) is 16.6. The van der Waals surface area contributed by atoms with E-state index in [2.05, 4.69) is 33.7 Å². The van der Waals surface area contributed by atoms with Gasteiger partial charge >= 0.3 is 0 Å². The van der Waals surface area contributed by atoms with Crippen molar-refractivity contribution in [3.05, 3.63) is 75.0 Å². The summed E-state index contributed by atoms with van der Waals surface area (Å²) in [6.45, 7) is 0. The number of aromatic nitrogens is 1. The maximum Gasteiger partial charge on any atom is 0.269 e. The predicted molar refractivity (Wildman–Crippen MR) is 107 cm³/mol. The van der Waals surface area contributed by atoms with E-state index in [0.717, 1.165) is 16.1 Å². The minimum atomic E-state index is -0.416. The van der Waals surface area contributed by atoms with Crippen LogP contribution < -0.4 is 5.43 Å². The minimum Gasteiger partial charge on any atom is -0.258 e. The number of nitrogens with one attached hydrogen (secondary N) is 1. The molecule has 0 aliphatic rings. The third-order valence-electron chi connectivity index (χ3n) is 3.67. The first-order chi connectivity index (χ1) is 12.7. The Morgan fingerprint density at radius 3 is 2.73 bits per heavy atom. The average molecular weight is 380 g/mol. The Kier molecular flexibility index (Phi) is 4.42. The van der Waals surface area contributed by atoms with Crippen LogP contribution in [0, 0.1) is 10.1 Å². The summed E-state index contributed by atoms with van der Waals surface area (Å²) in [4.78, 5) is 15.8. The number of hydrogen-bond acceptors (Lipinski definition) is 7. The lowest BCUT2D eigenvalue weighted by molar-refractivity contribution is -0.384. The monoisotopic (exact) mass is 380 g/mol. The van der Waals surface area contributed by atoms with Crippen LogP contribution in [0.1, 0.15) is 4.88 Å². The van der Waals surface area contributed by atoms with Crippen LogP contribution in [-0.2, 0) is 0 Å². The highest BCUT2D eigenvalue weighted by atomic mass is 32.1. The Morgan fingerprint density at radius 2 is 1.96 bits per heavy atom. The largest absolute Gasteiger partial charge is 0.269 e. The second-order valence-corrected chi connectivity index (χ2v) is 7.37. The normalized spacial score (nSPS) is 11.2. The number of nitro benzene ring substituents is 1. The van der Waals surface area contributed by atoms with E-state index in [-0.39, 0.29) is 5.69 Å². The minimum absolute atomic E-state index is 0.0651. The van der Waals surface area contributed by atoms with Gasteiger partial charge in [-0.05, 0) is 29.7 Å². The fourth-order valence-electron chi connectivity index (χ4n) is 2.43. The molecular weight excluding hydrogens is 368 g/mol. The summed E-state index contributed by atoms with van der Waals surface area (Å²) in [7, 11) is 0. The molecule has 26 heavy (non-hydrogen) atoms. The summed E-state index contributed by atoms with van der Waals surface area (Å²) in [6.07, 6.45) is 1.78. The van der Waals surface area contributed by atoms with Crippen LogP contribution in [0.5, 0.6) is 0 Å². The molecule has 8 heteroatoms. The second-order valence-electron chi connectivity index (χ2n) is 5.40. The van der Waals surface area contributed by atoms with Crippen molar-refractivity contribution >= 4 is 49.8 Å². The molecule has 2 aromatic carbocycles. The maximum absolute atomic E-state index is 10.7. The van der Waals surface area contributed by atoms with Gasteiger partial charge in [0.1, 0.15) is 0 Å². The molecule has 0 aliphatic carbocycles. The van der Waals surface area contributed by atoms with Crippen molar-refractivity contribution in [3.63, 3.8) is 0 Å². The van der Waals surface area contributed by atoms with E-state index in [1.807, 2.05) is 17.5 Å². The maximum atomic E-state index is 10.7. The number of benzene rings is 2. The summed E-state index contributed by atoms with van der Waals surface area (Å²) in [5.41, 5.74) is 4.58. The van der Waals surface area contributed by atoms with Crippen LogP contribution >= 0.6 is 22.7 Å². The van der Waals surface area contributed by atoms with Crippen molar-refractivity contribution in [1.29, 1.82) is 0 Å². The van der Waals surface area contributed by atoms with Crippen molar-refractivity contribution in [3.8, 4) is 11.3 Å². The van der Waals surface area contributed by atoms with Gasteiger partial charge in [0.2, 0.25) is 5.13 Å². The van der Waals surface area contributed by atoms with Gasteiger partial charge in [0.05, 0.1) is 16.8 Å². The van der Waals surface area contributed by atoms with Gasteiger partial charge in [0.15, 0.2) is 0 Å². The van der Waals surface area contributed by atoms with Crippen molar-refractivity contribution in [1.82, 2.24) is 4.98 Å². The first-order valence-corrected chi connectivity index (χ1v) is 9.37. The first-order valence-electron chi connectivity index (χ1n) is 7.67. The Morgan fingerprint density at radius 1 is 1.15 bits per heavy atom. The Balaban J connectivity index is 1.45. The number of nitro groups is 1. The zero-order chi connectivity index (χ0) is 17.9. The van der Waals surface area contributed by atoms with Crippen LogP contribution in [0.25, 0.3) is 21.3 Å². The van der Waals surface area contributed by atoms with Gasteiger partial charge in [-0.3, -0.25) is 15.5 Å². The van der Waals surface area contributed by atoms with Crippen molar-refractivity contribution in [2.45, 2.75) is 0 Å². The number of fused-ring (bicyclic) bond motifs is 1. The quantitative estimate of drug-likeness (QED) is 0.286. The number of nitrogens with zero attached hydrogens (tertiary/aromatic N) is 3. The van der Waals surface area contributed by atoms with Gasteiger partial charge in [0, 0.05) is 32.7 Å². The Hall–Kier alpha value is -3.10. The van der Waals surface area contributed by atoms with E-state index < -0.39 is 4.92 Å². The summed E-state index contributed by atoms with van der Waals surface area (Å²) < 4.78 is 1.23. The lowest BCUT2D eigenvalue weighted by Gasteiger charge is -1.96. The lowest BCUT2D eigenvalue weighted by atomic mass is 10.1. The van der Waals surface area contributed by atoms with Crippen molar-refractivity contribution in [2.24, 2.45) is 5.10 Å². The zero-order valence-corrected chi connectivity index (χ0v) is 15.0. The third kappa shape index (κ3) is 3.46. The number of rotatable bonds is 5. The highest BCUT2D eigenvalue weighted by molar-refractivity contribution is 7.20. The highest BCUT2D eigenvalue weighted by Crippen LogP contribution is 2.27. The van der Waals surface area contributed by atoms with Crippen LogP contribution in [0.15, 0.2) is 65.1 Å². The molecule has 2 heterocycles. The SMILES string of the molecule is O=[N+]([O-])c1ccc(-c2csc(N/N=C/c3cc4ccccc4s3)n2)cc1. The zero-order valence-electron chi connectivity index (χ0n) is 13.3. The van der Waals surface area contributed by atoms with Gasteiger partial charge in [-0.2, -0.15) is 5.10 Å². The second kappa shape index (κ2) is 7.03. The summed E-state index contributed by atoms with van der Waals surface area (Å²) in [5.74, 6) is 0. The lowest BCUT2D eigenvalue weighted by Crippen LogP contribution is -1.89. The van der Waals surface area contributed by atoms with Gasteiger partial charge in [-0.25, -0.2) is 4.98 Å².